The van der Waals surface area contributed by atoms with Crippen molar-refractivity contribution in [2.45, 2.75) is 17.9 Å². The number of carbonyl (C=O) groups excluding carboxylic acids is 1. The van der Waals surface area contributed by atoms with E-state index in [9.17, 15) is 17.6 Å². The van der Waals surface area contributed by atoms with Crippen molar-refractivity contribution in [2.24, 2.45) is 0 Å². The van der Waals surface area contributed by atoms with Crippen LogP contribution in [0.3, 0.4) is 0 Å². The number of halogens is 2. The van der Waals surface area contributed by atoms with E-state index in [2.05, 4.69) is 20.3 Å². The molecule has 0 aliphatic carbocycles. The zero-order valence-electron chi connectivity index (χ0n) is 15.2. The highest BCUT2D eigenvalue weighted by Gasteiger charge is 2.21. The molecule has 1 aliphatic heterocycles. The van der Waals surface area contributed by atoms with E-state index < -0.39 is 21.7 Å². The van der Waals surface area contributed by atoms with Crippen molar-refractivity contribution < 1.29 is 22.3 Å². The van der Waals surface area contributed by atoms with E-state index in [1.165, 1.54) is 25.4 Å². The first-order valence-electron chi connectivity index (χ1n) is 8.41. The molecule has 28 heavy (non-hydrogen) atoms. The number of benzene rings is 1. The molecule has 0 saturated carbocycles. The lowest BCUT2D eigenvalue weighted by molar-refractivity contribution is 0.102. The summed E-state index contributed by atoms with van der Waals surface area (Å²) in [4.78, 5) is 14.9. The lowest BCUT2D eigenvalue weighted by Crippen LogP contribution is -2.26. The summed E-state index contributed by atoms with van der Waals surface area (Å²) < 4.78 is 46.0. The normalized spacial score (nSPS) is 13.5. The van der Waals surface area contributed by atoms with Crippen LogP contribution in [0.2, 0.25) is 0 Å². The zero-order chi connectivity index (χ0) is 19.4. The molecule has 0 bridgehead atoms. The third-order valence-corrected chi connectivity index (χ3v) is 5.71. The average Bonchev–Trinajstić information content (AvgIpc) is 3.16. The first-order chi connectivity index (χ1) is 12.9. The second kappa shape index (κ2) is 9.48. The molecule has 1 aromatic heterocycles. The van der Waals surface area contributed by atoms with Crippen molar-refractivity contribution in [1.82, 2.24) is 15.0 Å². The fraction of sp³-hybridized carbons (Fsp3) is 0.353. The van der Waals surface area contributed by atoms with Crippen LogP contribution in [0.5, 0.6) is 0 Å². The van der Waals surface area contributed by atoms with E-state index in [4.69, 9.17) is 4.74 Å². The van der Waals surface area contributed by atoms with Crippen molar-refractivity contribution >= 4 is 34.0 Å². The number of ether oxygens (including phenoxy) is 1. The minimum Gasteiger partial charge on any atom is -0.383 e. The van der Waals surface area contributed by atoms with Crippen LogP contribution < -0.4 is 15.4 Å². The van der Waals surface area contributed by atoms with Crippen LogP contribution in [-0.2, 0) is 27.7 Å². The molecule has 11 heteroatoms. The predicted molar refractivity (Wildman–Crippen MR) is 105 cm³/mol. The number of aromatic nitrogens is 1. The first-order valence-corrected chi connectivity index (χ1v) is 9.90. The summed E-state index contributed by atoms with van der Waals surface area (Å²) in [6, 6.07) is 4.47. The number of fused-ring (bicyclic) bond motifs is 1. The van der Waals surface area contributed by atoms with Gasteiger partial charge in [-0.2, -0.15) is 0 Å². The second-order valence-electron chi connectivity index (χ2n) is 6.09. The number of methoxy groups -OCH3 is 1. The molecule has 1 amide bonds. The third kappa shape index (κ3) is 4.89. The Kier molecular flexibility index (Phi) is 7.55. The van der Waals surface area contributed by atoms with E-state index in [-0.39, 0.29) is 41.8 Å². The Morgan fingerprint density at radius 2 is 2.14 bits per heavy atom. The Hall–Kier alpha value is -1.98. The summed E-state index contributed by atoms with van der Waals surface area (Å²) >= 11 is 0. The minimum absolute atomic E-state index is 0. The quantitative estimate of drug-likeness (QED) is 0.494. The van der Waals surface area contributed by atoms with Crippen LogP contribution in [0.4, 0.5) is 10.1 Å². The number of hydrogen-bond acceptors (Lipinski definition) is 5. The van der Waals surface area contributed by atoms with Crippen LogP contribution in [0.1, 0.15) is 21.6 Å². The van der Waals surface area contributed by atoms with E-state index in [1.54, 1.807) is 6.07 Å². The number of anilines is 1. The van der Waals surface area contributed by atoms with Gasteiger partial charge in [0.15, 0.2) is 0 Å². The van der Waals surface area contributed by atoms with E-state index in [0.29, 0.717) is 25.1 Å². The van der Waals surface area contributed by atoms with Crippen LogP contribution >= 0.6 is 12.4 Å². The molecule has 154 valence electrons. The molecule has 0 atom stereocenters. The number of carbonyl (C=O) groups is 1. The molecule has 0 unspecified atom stereocenters. The predicted octanol–water partition coefficient (Wildman–Crippen LogP) is 1.40. The van der Waals surface area contributed by atoms with Gasteiger partial charge in [0.05, 0.1) is 12.3 Å². The fourth-order valence-corrected chi connectivity index (χ4v) is 3.85. The van der Waals surface area contributed by atoms with Crippen LogP contribution in [0.25, 0.3) is 0 Å². The molecule has 1 aliphatic rings. The van der Waals surface area contributed by atoms with Gasteiger partial charge in [-0.15, -0.1) is 12.4 Å². The van der Waals surface area contributed by atoms with Gasteiger partial charge in [-0.05, 0) is 36.2 Å². The lowest BCUT2D eigenvalue weighted by atomic mass is 9.99. The fourth-order valence-electron chi connectivity index (χ4n) is 2.84. The first kappa shape index (κ1) is 22.3. The van der Waals surface area contributed by atoms with Gasteiger partial charge in [0.2, 0.25) is 10.0 Å². The Balaban J connectivity index is 0.00000280. The third-order valence-electron chi connectivity index (χ3n) is 4.27. The van der Waals surface area contributed by atoms with Gasteiger partial charge >= 0.3 is 0 Å². The minimum atomic E-state index is -3.76. The number of sulfonamides is 1. The molecule has 2 aromatic rings. The summed E-state index contributed by atoms with van der Waals surface area (Å²) in [5.74, 6) is -1.08. The van der Waals surface area contributed by atoms with Gasteiger partial charge in [0.25, 0.3) is 5.91 Å². The molecular formula is C17H22ClFN4O4S. The molecule has 0 saturated heterocycles. The topological polar surface area (TPSA) is 112 Å². The Morgan fingerprint density at radius 3 is 2.89 bits per heavy atom. The maximum absolute atomic E-state index is 14.6. The highest BCUT2D eigenvalue weighted by Crippen LogP contribution is 2.25. The number of amides is 1. The standard InChI is InChI=1S/C17H21FN4O4S.ClH/c1-26-7-6-21-27(24,25)12-8-15(20-10-12)17(23)22-14-3-2-11-9-19-5-4-13(11)16(14)18;/h2-3,8,10,19-21H,4-7,9H2,1H3,(H,22,23);1H. The van der Waals surface area contributed by atoms with E-state index in [1.807, 2.05) is 0 Å². The smallest absolute Gasteiger partial charge is 0.272 e. The number of H-pyrrole nitrogens is 1. The van der Waals surface area contributed by atoms with Gasteiger partial charge < -0.3 is 20.4 Å². The van der Waals surface area contributed by atoms with Crippen molar-refractivity contribution in [3.63, 3.8) is 0 Å². The van der Waals surface area contributed by atoms with Gasteiger partial charge in [0.1, 0.15) is 16.4 Å². The van der Waals surface area contributed by atoms with Gasteiger partial charge in [-0.1, -0.05) is 6.07 Å². The second-order valence-corrected chi connectivity index (χ2v) is 7.85. The summed E-state index contributed by atoms with van der Waals surface area (Å²) in [5, 5.41) is 5.65. The van der Waals surface area contributed by atoms with Gasteiger partial charge in [-0.25, -0.2) is 17.5 Å². The Labute approximate surface area is 168 Å². The van der Waals surface area contributed by atoms with Crippen molar-refractivity contribution in [1.29, 1.82) is 0 Å². The van der Waals surface area contributed by atoms with Crippen LogP contribution in [0, 0.1) is 5.82 Å². The summed E-state index contributed by atoms with van der Waals surface area (Å²) in [7, 11) is -2.30. The highest BCUT2D eigenvalue weighted by atomic mass is 35.5. The number of hydrogen-bond donors (Lipinski definition) is 4. The lowest BCUT2D eigenvalue weighted by Gasteiger charge is -2.19. The molecule has 1 aromatic carbocycles. The Bertz CT molecular complexity index is 949. The SMILES string of the molecule is COCCNS(=O)(=O)c1c[nH]c(C(=O)Nc2ccc3c(c2F)CCNC3)c1.Cl. The molecule has 3 rings (SSSR count). The van der Waals surface area contributed by atoms with E-state index >= 15 is 0 Å². The van der Waals surface area contributed by atoms with Crippen LogP contribution in [-0.4, -0.2) is 46.1 Å². The van der Waals surface area contributed by atoms with Crippen molar-refractivity contribution in [2.75, 3.05) is 32.1 Å². The number of nitrogens with one attached hydrogen (secondary N) is 4. The Morgan fingerprint density at radius 1 is 1.36 bits per heavy atom. The highest BCUT2D eigenvalue weighted by molar-refractivity contribution is 7.89. The maximum Gasteiger partial charge on any atom is 0.272 e. The zero-order valence-corrected chi connectivity index (χ0v) is 16.8. The molecule has 8 nitrogen and oxygen atoms in total. The van der Waals surface area contributed by atoms with Gasteiger partial charge in [-0.3, -0.25) is 4.79 Å². The summed E-state index contributed by atoms with van der Waals surface area (Å²) in [6.45, 7) is 1.61. The summed E-state index contributed by atoms with van der Waals surface area (Å²) in [6.07, 6.45) is 1.75. The largest absolute Gasteiger partial charge is 0.383 e. The van der Waals surface area contributed by atoms with Crippen molar-refractivity contribution in [3.05, 3.63) is 47.0 Å². The number of rotatable bonds is 7. The van der Waals surface area contributed by atoms with E-state index in [0.717, 1.165) is 5.56 Å². The molecule has 2 heterocycles. The number of aromatic amines is 1. The molecule has 0 spiro atoms. The molecule has 4 N–H and O–H groups in total. The average molecular weight is 433 g/mol. The summed E-state index contributed by atoms with van der Waals surface area (Å²) in [5.41, 5.74) is 1.54. The maximum atomic E-state index is 14.6. The molecular weight excluding hydrogens is 411 g/mol. The molecule has 0 radical (unpaired) electrons. The molecule has 0 fully saturated rings. The monoisotopic (exact) mass is 432 g/mol. The van der Waals surface area contributed by atoms with Crippen LogP contribution in [0.15, 0.2) is 29.3 Å². The van der Waals surface area contributed by atoms with Gasteiger partial charge in [0, 0.05) is 26.4 Å². The van der Waals surface area contributed by atoms with Crippen molar-refractivity contribution in [3.8, 4) is 0 Å².